The van der Waals surface area contributed by atoms with Crippen LogP contribution in [0.15, 0.2) is 0 Å². The average Bonchev–Trinajstić information content (AvgIpc) is 2.45. The molecule has 112 valence electrons. The first-order chi connectivity index (χ1) is 8.98. The van der Waals surface area contributed by atoms with E-state index in [1.807, 2.05) is 0 Å². The number of hydrogen-bond acceptors (Lipinski definition) is 4. The van der Waals surface area contributed by atoms with Crippen molar-refractivity contribution in [1.29, 1.82) is 0 Å². The monoisotopic (exact) mass is 288 g/mol. The second-order valence-corrected chi connectivity index (χ2v) is 8.80. The lowest BCUT2D eigenvalue weighted by Crippen LogP contribution is -2.51. The number of nitrogens with one attached hydrogen (secondary N) is 1. The van der Waals surface area contributed by atoms with Crippen molar-refractivity contribution in [2.45, 2.75) is 39.2 Å². The van der Waals surface area contributed by atoms with E-state index >= 15 is 0 Å². The van der Waals surface area contributed by atoms with E-state index in [1.165, 1.54) is 12.8 Å². The largest absolute Gasteiger partial charge is 0.316 e. The minimum atomic E-state index is -2.77. The summed E-state index contributed by atoms with van der Waals surface area (Å²) in [7, 11) is -2.77. The Morgan fingerprint density at radius 3 is 2.63 bits per heavy atom. The van der Waals surface area contributed by atoms with E-state index in [2.05, 4.69) is 24.1 Å². The van der Waals surface area contributed by atoms with Crippen molar-refractivity contribution in [3.05, 3.63) is 0 Å². The van der Waals surface area contributed by atoms with Crippen molar-refractivity contribution >= 4 is 9.84 Å². The molecule has 5 heteroatoms. The highest BCUT2D eigenvalue weighted by atomic mass is 32.2. The molecule has 2 unspecified atom stereocenters. The van der Waals surface area contributed by atoms with Gasteiger partial charge < -0.3 is 5.32 Å². The smallest absolute Gasteiger partial charge is 0.151 e. The van der Waals surface area contributed by atoms with E-state index in [9.17, 15) is 8.42 Å². The molecule has 0 aromatic rings. The van der Waals surface area contributed by atoms with Gasteiger partial charge in [-0.3, -0.25) is 4.90 Å². The number of nitrogens with zero attached hydrogens (tertiary/aromatic N) is 1. The first-order valence-electron chi connectivity index (χ1n) is 7.63. The van der Waals surface area contributed by atoms with Crippen LogP contribution >= 0.6 is 0 Å². The van der Waals surface area contributed by atoms with Gasteiger partial charge in [0.2, 0.25) is 0 Å². The molecule has 1 aliphatic carbocycles. The molecule has 19 heavy (non-hydrogen) atoms. The summed E-state index contributed by atoms with van der Waals surface area (Å²) in [6.07, 6.45) is 3.35. The van der Waals surface area contributed by atoms with Crippen molar-refractivity contribution in [3.63, 3.8) is 0 Å². The Hall–Kier alpha value is -0.130. The van der Waals surface area contributed by atoms with Gasteiger partial charge in [-0.25, -0.2) is 8.42 Å². The highest BCUT2D eigenvalue weighted by Gasteiger charge is 2.36. The van der Waals surface area contributed by atoms with Crippen molar-refractivity contribution < 1.29 is 8.42 Å². The Bertz CT molecular complexity index is 381. The normalized spacial score (nSPS) is 31.9. The van der Waals surface area contributed by atoms with E-state index in [1.54, 1.807) is 0 Å². The predicted molar refractivity (Wildman–Crippen MR) is 79.1 cm³/mol. The van der Waals surface area contributed by atoms with Gasteiger partial charge in [0.1, 0.15) is 0 Å². The van der Waals surface area contributed by atoms with Gasteiger partial charge >= 0.3 is 0 Å². The van der Waals surface area contributed by atoms with Crippen LogP contribution in [0.5, 0.6) is 0 Å². The zero-order chi connectivity index (χ0) is 13.9. The van der Waals surface area contributed by atoms with Crippen LogP contribution in [-0.2, 0) is 9.84 Å². The first-order valence-corrected chi connectivity index (χ1v) is 9.45. The van der Waals surface area contributed by atoms with Gasteiger partial charge in [-0.1, -0.05) is 13.8 Å². The topological polar surface area (TPSA) is 49.4 Å². The highest BCUT2D eigenvalue weighted by Crippen LogP contribution is 2.32. The molecule has 1 saturated carbocycles. The fourth-order valence-corrected chi connectivity index (χ4v) is 4.40. The van der Waals surface area contributed by atoms with Crippen LogP contribution in [0.3, 0.4) is 0 Å². The quantitative estimate of drug-likeness (QED) is 0.824. The molecular formula is C14H28N2O2S. The second-order valence-electron chi connectivity index (χ2n) is 6.50. The van der Waals surface area contributed by atoms with Gasteiger partial charge in [-0.2, -0.15) is 0 Å². The van der Waals surface area contributed by atoms with Gasteiger partial charge in [0.15, 0.2) is 9.84 Å². The maximum absolute atomic E-state index is 11.6. The molecule has 0 radical (unpaired) electrons. The molecule has 2 atom stereocenters. The molecule has 4 nitrogen and oxygen atoms in total. The molecule has 1 aliphatic heterocycles. The standard InChI is InChI=1S/C14H28N2O2S/c1-12(2)10-15-11-13-4-5-14(13)16-6-3-8-19(17,18)9-7-16/h12-15H,3-11H2,1-2H3. The van der Waals surface area contributed by atoms with Crippen LogP contribution in [0.4, 0.5) is 0 Å². The van der Waals surface area contributed by atoms with Gasteiger partial charge in [-0.05, 0) is 50.7 Å². The Labute approximate surface area is 117 Å². The van der Waals surface area contributed by atoms with Gasteiger partial charge in [0, 0.05) is 12.6 Å². The van der Waals surface area contributed by atoms with Crippen molar-refractivity contribution in [2.24, 2.45) is 11.8 Å². The maximum atomic E-state index is 11.6. The minimum absolute atomic E-state index is 0.357. The number of rotatable bonds is 5. The molecule has 0 aromatic carbocycles. The van der Waals surface area contributed by atoms with E-state index in [4.69, 9.17) is 0 Å². The summed E-state index contributed by atoms with van der Waals surface area (Å²) in [6, 6.07) is 0.618. The van der Waals surface area contributed by atoms with Crippen LogP contribution in [0.25, 0.3) is 0 Å². The Kier molecular flexibility index (Phi) is 5.26. The summed E-state index contributed by atoms with van der Waals surface area (Å²) in [5.41, 5.74) is 0. The molecule has 1 saturated heterocycles. The molecule has 2 rings (SSSR count). The average molecular weight is 288 g/mol. The molecule has 0 bridgehead atoms. The molecule has 2 aliphatic rings. The number of sulfone groups is 1. The fraction of sp³-hybridized carbons (Fsp3) is 1.00. The third-order valence-electron chi connectivity index (χ3n) is 4.40. The van der Waals surface area contributed by atoms with Gasteiger partial charge in [-0.15, -0.1) is 0 Å². The van der Waals surface area contributed by atoms with Crippen LogP contribution in [0.1, 0.15) is 33.1 Å². The summed E-state index contributed by atoms with van der Waals surface area (Å²) in [5.74, 6) is 2.16. The SMILES string of the molecule is CC(C)CNCC1CCC1N1CCCS(=O)(=O)CC1. The zero-order valence-corrected chi connectivity index (χ0v) is 13.1. The molecule has 0 amide bonds. The summed E-state index contributed by atoms with van der Waals surface area (Å²) in [6.45, 7) is 8.33. The van der Waals surface area contributed by atoms with Crippen molar-refractivity contribution in [1.82, 2.24) is 10.2 Å². The van der Waals surface area contributed by atoms with Crippen LogP contribution in [0, 0.1) is 11.8 Å². The lowest BCUT2D eigenvalue weighted by Gasteiger charge is -2.44. The van der Waals surface area contributed by atoms with Crippen molar-refractivity contribution in [2.75, 3.05) is 37.7 Å². The van der Waals surface area contributed by atoms with Gasteiger partial charge in [0.05, 0.1) is 11.5 Å². The Morgan fingerprint density at radius 2 is 2.00 bits per heavy atom. The molecule has 0 aromatic heterocycles. The summed E-state index contributed by atoms with van der Waals surface area (Å²) in [4.78, 5) is 2.43. The van der Waals surface area contributed by atoms with E-state index < -0.39 is 9.84 Å². The summed E-state index contributed by atoms with van der Waals surface area (Å²) in [5, 5.41) is 3.54. The summed E-state index contributed by atoms with van der Waals surface area (Å²) >= 11 is 0. The third-order valence-corrected chi connectivity index (χ3v) is 6.11. The van der Waals surface area contributed by atoms with Gasteiger partial charge in [0.25, 0.3) is 0 Å². The van der Waals surface area contributed by atoms with E-state index in [-0.39, 0.29) is 0 Å². The second kappa shape index (κ2) is 6.55. The molecule has 1 heterocycles. The lowest BCUT2D eigenvalue weighted by molar-refractivity contribution is 0.0679. The van der Waals surface area contributed by atoms with E-state index in [0.717, 1.165) is 38.5 Å². The maximum Gasteiger partial charge on any atom is 0.151 e. The molecular weight excluding hydrogens is 260 g/mol. The Balaban J connectivity index is 1.78. The first kappa shape index (κ1) is 15.3. The minimum Gasteiger partial charge on any atom is -0.316 e. The number of hydrogen-bond donors (Lipinski definition) is 1. The fourth-order valence-electron chi connectivity index (χ4n) is 3.12. The lowest BCUT2D eigenvalue weighted by atomic mass is 9.78. The third kappa shape index (κ3) is 4.43. The molecule has 0 spiro atoms. The predicted octanol–water partition coefficient (Wildman–Crippen LogP) is 1.13. The molecule has 1 N–H and O–H groups in total. The van der Waals surface area contributed by atoms with Crippen LogP contribution in [0.2, 0.25) is 0 Å². The highest BCUT2D eigenvalue weighted by molar-refractivity contribution is 7.91. The zero-order valence-electron chi connectivity index (χ0n) is 12.3. The molecule has 2 fully saturated rings. The van der Waals surface area contributed by atoms with E-state index in [0.29, 0.717) is 23.5 Å². The Morgan fingerprint density at radius 1 is 1.21 bits per heavy atom. The van der Waals surface area contributed by atoms with Crippen LogP contribution in [-0.4, -0.2) is 57.0 Å². The van der Waals surface area contributed by atoms with Crippen LogP contribution < -0.4 is 5.32 Å². The van der Waals surface area contributed by atoms with Crippen molar-refractivity contribution in [3.8, 4) is 0 Å². The summed E-state index contributed by atoms with van der Waals surface area (Å²) < 4.78 is 23.3.